The first-order valence-electron chi connectivity index (χ1n) is 3.81. The molecular formula is C10H12NO+. The van der Waals surface area contributed by atoms with Crippen LogP contribution in [0.25, 0.3) is 0 Å². The standard InChI is InChI=1S/C10H12NO/c1-11(2)8-10(12)9-6-4-3-5-7-9/h3-8H,1-2H3/q+1. The van der Waals surface area contributed by atoms with Crippen molar-refractivity contribution in [2.75, 3.05) is 14.1 Å². The van der Waals surface area contributed by atoms with E-state index in [1.54, 1.807) is 10.8 Å². The van der Waals surface area contributed by atoms with Crippen LogP contribution in [-0.2, 0) is 0 Å². The Morgan fingerprint density at radius 2 is 1.83 bits per heavy atom. The number of ketones is 1. The third-order valence-corrected chi connectivity index (χ3v) is 1.43. The summed E-state index contributed by atoms with van der Waals surface area (Å²) < 4.78 is 1.75. The molecule has 0 fully saturated rings. The Hall–Kier alpha value is -1.44. The molecule has 0 saturated heterocycles. The zero-order valence-electron chi connectivity index (χ0n) is 7.32. The highest BCUT2D eigenvalue weighted by Crippen LogP contribution is 1.97. The minimum absolute atomic E-state index is 0.0422. The molecule has 12 heavy (non-hydrogen) atoms. The van der Waals surface area contributed by atoms with Crippen LogP contribution in [0.2, 0.25) is 0 Å². The van der Waals surface area contributed by atoms with Crippen LogP contribution in [0.1, 0.15) is 10.4 Å². The van der Waals surface area contributed by atoms with Crippen molar-refractivity contribution < 1.29 is 9.37 Å². The van der Waals surface area contributed by atoms with Crippen molar-refractivity contribution >= 4 is 12.0 Å². The number of carbonyl (C=O) groups is 1. The summed E-state index contributed by atoms with van der Waals surface area (Å²) in [4.78, 5) is 11.4. The molecule has 0 aromatic heterocycles. The molecule has 1 aromatic carbocycles. The summed E-state index contributed by atoms with van der Waals surface area (Å²) in [5.74, 6) is 0.0422. The van der Waals surface area contributed by atoms with Gasteiger partial charge in [0.15, 0.2) is 0 Å². The van der Waals surface area contributed by atoms with Gasteiger partial charge in [-0.05, 0) is 0 Å². The maximum atomic E-state index is 11.4. The van der Waals surface area contributed by atoms with Gasteiger partial charge in [-0.25, -0.2) is 4.58 Å². The average Bonchev–Trinajstić information content (AvgIpc) is 2.05. The lowest BCUT2D eigenvalue weighted by Crippen LogP contribution is -2.09. The lowest BCUT2D eigenvalue weighted by atomic mass is 10.1. The minimum Gasteiger partial charge on any atom is -0.283 e. The first-order valence-corrected chi connectivity index (χ1v) is 3.81. The highest BCUT2D eigenvalue weighted by molar-refractivity contribution is 6.33. The molecule has 0 saturated carbocycles. The van der Waals surface area contributed by atoms with E-state index in [1.165, 1.54) is 0 Å². The SMILES string of the molecule is C[N+](C)=CC(=O)c1ccccc1. The van der Waals surface area contributed by atoms with Crippen LogP contribution in [0.15, 0.2) is 30.3 Å². The van der Waals surface area contributed by atoms with Crippen LogP contribution in [0.5, 0.6) is 0 Å². The fraction of sp³-hybridized carbons (Fsp3) is 0.200. The normalized spacial score (nSPS) is 9.17. The molecule has 1 rings (SSSR count). The molecule has 0 aliphatic heterocycles. The van der Waals surface area contributed by atoms with Crippen molar-refractivity contribution in [3.63, 3.8) is 0 Å². The average molecular weight is 162 g/mol. The molecule has 2 nitrogen and oxygen atoms in total. The van der Waals surface area contributed by atoms with Crippen molar-refractivity contribution in [3.05, 3.63) is 35.9 Å². The van der Waals surface area contributed by atoms with Crippen molar-refractivity contribution in [2.24, 2.45) is 0 Å². The van der Waals surface area contributed by atoms with Crippen molar-refractivity contribution in [1.29, 1.82) is 0 Å². The molecule has 0 atom stereocenters. The first kappa shape index (κ1) is 8.65. The molecule has 0 aliphatic carbocycles. The summed E-state index contributed by atoms with van der Waals surface area (Å²) in [7, 11) is 3.67. The zero-order valence-corrected chi connectivity index (χ0v) is 7.32. The van der Waals surface area contributed by atoms with Gasteiger partial charge in [-0.2, -0.15) is 0 Å². The Labute approximate surface area is 72.2 Å². The Bertz CT molecular complexity index is 297. The van der Waals surface area contributed by atoms with Crippen LogP contribution in [0, 0.1) is 0 Å². The number of hydrogen-bond acceptors (Lipinski definition) is 1. The van der Waals surface area contributed by atoms with Crippen molar-refractivity contribution in [1.82, 2.24) is 0 Å². The third kappa shape index (κ3) is 2.31. The van der Waals surface area contributed by atoms with Crippen molar-refractivity contribution in [3.8, 4) is 0 Å². The van der Waals surface area contributed by atoms with E-state index in [4.69, 9.17) is 0 Å². The molecule has 0 spiro atoms. The van der Waals surface area contributed by atoms with Gasteiger partial charge in [-0.1, -0.05) is 30.3 Å². The summed E-state index contributed by atoms with van der Waals surface area (Å²) in [6, 6.07) is 9.23. The van der Waals surface area contributed by atoms with E-state index in [0.717, 1.165) is 5.56 Å². The predicted molar refractivity (Wildman–Crippen MR) is 48.9 cm³/mol. The Morgan fingerprint density at radius 1 is 1.25 bits per heavy atom. The molecule has 0 bridgehead atoms. The van der Waals surface area contributed by atoms with E-state index in [2.05, 4.69) is 0 Å². The maximum absolute atomic E-state index is 11.4. The predicted octanol–water partition coefficient (Wildman–Crippen LogP) is 1.21. The summed E-state index contributed by atoms with van der Waals surface area (Å²) in [6.07, 6.45) is 1.56. The number of Topliss-reactive ketones (excluding diaryl/α,β-unsaturated/α-hetero) is 1. The van der Waals surface area contributed by atoms with Gasteiger partial charge in [0.2, 0.25) is 12.0 Å². The summed E-state index contributed by atoms with van der Waals surface area (Å²) >= 11 is 0. The topological polar surface area (TPSA) is 20.1 Å². The molecule has 1 aromatic rings. The van der Waals surface area contributed by atoms with Crippen LogP contribution < -0.4 is 0 Å². The molecule has 0 aliphatic rings. The van der Waals surface area contributed by atoms with Gasteiger partial charge < -0.3 is 0 Å². The monoisotopic (exact) mass is 162 g/mol. The van der Waals surface area contributed by atoms with Gasteiger partial charge in [0.25, 0.3) is 0 Å². The van der Waals surface area contributed by atoms with E-state index in [9.17, 15) is 4.79 Å². The van der Waals surface area contributed by atoms with Gasteiger partial charge in [0.05, 0.1) is 0 Å². The molecule has 0 amide bonds. The highest BCUT2D eigenvalue weighted by Gasteiger charge is 2.03. The lowest BCUT2D eigenvalue weighted by Gasteiger charge is -1.91. The smallest absolute Gasteiger partial charge is 0.248 e. The number of nitrogens with zero attached hydrogens (tertiary/aromatic N) is 1. The van der Waals surface area contributed by atoms with Crippen molar-refractivity contribution in [2.45, 2.75) is 0 Å². The van der Waals surface area contributed by atoms with E-state index in [-0.39, 0.29) is 5.78 Å². The van der Waals surface area contributed by atoms with Gasteiger partial charge in [-0.3, -0.25) is 4.79 Å². The van der Waals surface area contributed by atoms with Gasteiger partial charge in [0.1, 0.15) is 14.1 Å². The first-order chi connectivity index (χ1) is 5.70. The maximum Gasteiger partial charge on any atom is 0.248 e. The highest BCUT2D eigenvalue weighted by atomic mass is 16.1. The summed E-state index contributed by atoms with van der Waals surface area (Å²) in [5.41, 5.74) is 0.728. The Kier molecular flexibility index (Phi) is 2.75. The third-order valence-electron chi connectivity index (χ3n) is 1.43. The second-order valence-electron chi connectivity index (χ2n) is 2.82. The van der Waals surface area contributed by atoms with Crippen LogP contribution >= 0.6 is 0 Å². The quantitative estimate of drug-likeness (QED) is 0.363. The molecule has 62 valence electrons. The van der Waals surface area contributed by atoms with Crippen LogP contribution in [0.3, 0.4) is 0 Å². The largest absolute Gasteiger partial charge is 0.283 e. The fourth-order valence-corrected chi connectivity index (χ4v) is 0.911. The second-order valence-corrected chi connectivity index (χ2v) is 2.82. The fourth-order valence-electron chi connectivity index (χ4n) is 0.911. The number of carbonyl (C=O) groups excluding carboxylic acids is 1. The number of benzene rings is 1. The lowest BCUT2D eigenvalue weighted by molar-refractivity contribution is -0.458. The molecule has 0 unspecified atom stereocenters. The molecule has 0 radical (unpaired) electrons. The van der Waals surface area contributed by atoms with Crippen LogP contribution in [-0.4, -0.2) is 30.7 Å². The van der Waals surface area contributed by atoms with E-state index >= 15 is 0 Å². The Morgan fingerprint density at radius 3 is 2.33 bits per heavy atom. The second kappa shape index (κ2) is 3.81. The van der Waals surface area contributed by atoms with Gasteiger partial charge >= 0.3 is 0 Å². The van der Waals surface area contributed by atoms with Gasteiger partial charge in [0, 0.05) is 5.56 Å². The number of hydrogen-bond donors (Lipinski definition) is 0. The zero-order chi connectivity index (χ0) is 8.97. The number of rotatable bonds is 2. The molecule has 2 heteroatoms. The van der Waals surface area contributed by atoms with E-state index in [1.807, 2.05) is 44.4 Å². The Balaban J connectivity index is 2.87. The minimum atomic E-state index is 0.0422. The molecular weight excluding hydrogens is 150 g/mol. The van der Waals surface area contributed by atoms with Gasteiger partial charge in [-0.15, -0.1) is 0 Å². The molecule has 0 heterocycles. The summed E-state index contributed by atoms with van der Waals surface area (Å²) in [5, 5.41) is 0. The summed E-state index contributed by atoms with van der Waals surface area (Å²) in [6.45, 7) is 0. The van der Waals surface area contributed by atoms with E-state index in [0.29, 0.717) is 0 Å². The molecule has 0 N–H and O–H groups in total. The van der Waals surface area contributed by atoms with E-state index < -0.39 is 0 Å². The van der Waals surface area contributed by atoms with Crippen LogP contribution in [0.4, 0.5) is 0 Å².